The van der Waals surface area contributed by atoms with Crippen molar-refractivity contribution in [1.82, 2.24) is 10.2 Å². The van der Waals surface area contributed by atoms with E-state index in [9.17, 15) is 14.4 Å². The van der Waals surface area contributed by atoms with Crippen LogP contribution in [-0.2, 0) is 14.3 Å². The summed E-state index contributed by atoms with van der Waals surface area (Å²) in [7, 11) is 1.31. The minimum Gasteiger partial charge on any atom is -0.467 e. The lowest BCUT2D eigenvalue weighted by Gasteiger charge is -2.22. The van der Waals surface area contributed by atoms with E-state index in [1.165, 1.54) is 12.0 Å². The molecule has 1 N–H and O–H groups in total. The predicted octanol–water partition coefficient (Wildman–Crippen LogP) is 2.79. The fourth-order valence-electron chi connectivity index (χ4n) is 3.89. The standard InChI is InChI=1S/C22H22N2O5/c1-13-5-3-6-15-16-11-14(8-9-18(16)29-20(13)15)21(26)23-12-19(25)24-10-4-7-17(24)22(27)28-2/h3,5-6,8-9,11,17H,4,7,10,12H2,1-2H3,(H,23,26)/t17-/m0/s1. The zero-order chi connectivity index (χ0) is 20.5. The summed E-state index contributed by atoms with van der Waals surface area (Å²) in [5.74, 6) is -1.07. The first kappa shape index (κ1) is 19.0. The quantitative estimate of drug-likeness (QED) is 0.688. The Bertz CT molecular complexity index is 1120. The molecule has 1 saturated heterocycles. The molecule has 1 aliphatic rings. The van der Waals surface area contributed by atoms with Gasteiger partial charge in [0.1, 0.15) is 17.2 Å². The van der Waals surface area contributed by atoms with E-state index in [2.05, 4.69) is 5.32 Å². The number of nitrogens with zero attached hydrogens (tertiary/aromatic N) is 1. The van der Waals surface area contributed by atoms with Crippen molar-refractivity contribution in [2.24, 2.45) is 0 Å². The molecule has 0 spiro atoms. The Morgan fingerprint density at radius 3 is 2.83 bits per heavy atom. The predicted molar refractivity (Wildman–Crippen MR) is 108 cm³/mol. The number of carbonyl (C=O) groups excluding carboxylic acids is 3. The molecule has 0 aliphatic carbocycles. The number of ether oxygens (including phenoxy) is 1. The van der Waals surface area contributed by atoms with Crippen molar-refractivity contribution in [3.63, 3.8) is 0 Å². The van der Waals surface area contributed by atoms with Crippen molar-refractivity contribution in [3.8, 4) is 0 Å². The van der Waals surface area contributed by atoms with E-state index >= 15 is 0 Å². The van der Waals surface area contributed by atoms with Crippen LogP contribution in [0.5, 0.6) is 0 Å². The molecule has 3 aromatic rings. The van der Waals surface area contributed by atoms with Gasteiger partial charge in [-0.2, -0.15) is 0 Å². The monoisotopic (exact) mass is 394 g/mol. The minimum absolute atomic E-state index is 0.171. The van der Waals surface area contributed by atoms with E-state index in [1.807, 2.05) is 25.1 Å². The van der Waals surface area contributed by atoms with Gasteiger partial charge in [0.05, 0.1) is 13.7 Å². The van der Waals surface area contributed by atoms with Crippen molar-refractivity contribution in [3.05, 3.63) is 47.5 Å². The summed E-state index contributed by atoms with van der Waals surface area (Å²) < 4.78 is 10.6. The lowest BCUT2D eigenvalue weighted by atomic mass is 10.1. The number of hydrogen-bond acceptors (Lipinski definition) is 5. The second-order valence-corrected chi connectivity index (χ2v) is 7.22. The van der Waals surface area contributed by atoms with Gasteiger partial charge in [-0.05, 0) is 43.5 Å². The maximum atomic E-state index is 12.6. The summed E-state index contributed by atoms with van der Waals surface area (Å²) in [4.78, 5) is 38.4. The first-order valence-corrected chi connectivity index (χ1v) is 9.57. The molecule has 1 aromatic heterocycles. The molecule has 0 bridgehead atoms. The first-order chi connectivity index (χ1) is 14.0. The highest BCUT2D eigenvalue weighted by Crippen LogP contribution is 2.31. The second-order valence-electron chi connectivity index (χ2n) is 7.22. The van der Waals surface area contributed by atoms with Crippen LogP contribution in [0.25, 0.3) is 21.9 Å². The third kappa shape index (κ3) is 3.44. The van der Waals surface area contributed by atoms with E-state index in [0.29, 0.717) is 24.1 Å². The minimum atomic E-state index is -0.568. The molecule has 7 heteroatoms. The molecular formula is C22H22N2O5. The summed E-state index contributed by atoms with van der Waals surface area (Å²) in [6.45, 7) is 2.29. The van der Waals surface area contributed by atoms with Gasteiger partial charge in [-0.15, -0.1) is 0 Å². The van der Waals surface area contributed by atoms with Gasteiger partial charge in [0.2, 0.25) is 5.91 Å². The summed E-state index contributed by atoms with van der Waals surface area (Å²) in [6.07, 6.45) is 1.32. The molecule has 1 fully saturated rings. The highest BCUT2D eigenvalue weighted by molar-refractivity contribution is 6.09. The van der Waals surface area contributed by atoms with Gasteiger partial charge in [0.25, 0.3) is 5.91 Å². The summed E-state index contributed by atoms with van der Waals surface area (Å²) in [5.41, 5.74) is 2.99. The van der Waals surface area contributed by atoms with E-state index < -0.39 is 12.0 Å². The fourth-order valence-corrected chi connectivity index (χ4v) is 3.89. The van der Waals surface area contributed by atoms with Crippen molar-refractivity contribution < 1.29 is 23.5 Å². The molecule has 2 heterocycles. The molecule has 0 saturated carbocycles. The van der Waals surface area contributed by atoms with Crippen molar-refractivity contribution >= 4 is 39.7 Å². The summed E-state index contributed by atoms with van der Waals surface area (Å²) >= 11 is 0. The van der Waals surface area contributed by atoms with Gasteiger partial charge >= 0.3 is 5.97 Å². The van der Waals surface area contributed by atoms with E-state index in [-0.39, 0.29) is 18.4 Å². The van der Waals surface area contributed by atoms with Crippen molar-refractivity contribution in [2.75, 3.05) is 20.2 Å². The number of para-hydroxylation sites is 1. The highest BCUT2D eigenvalue weighted by Gasteiger charge is 2.34. The first-order valence-electron chi connectivity index (χ1n) is 9.57. The van der Waals surface area contributed by atoms with E-state index in [0.717, 1.165) is 28.3 Å². The topological polar surface area (TPSA) is 88.9 Å². The van der Waals surface area contributed by atoms with Gasteiger partial charge in [-0.25, -0.2) is 4.79 Å². The molecule has 4 rings (SSSR count). The number of amides is 2. The van der Waals surface area contributed by atoms with Crippen molar-refractivity contribution in [2.45, 2.75) is 25.8 Å². The molecule has 1 atom stereocenters. The number of esters is 1. The van der Waals surface area contributed by atoms with Crippen LogP contribution in [0.4, 0.5) is 0 Å². The van der Waals surface area contributed by atoms with E-state index in [4.69, 9.17) is 9.15 Å². The van der Waals surface area contributed by atoms with Gasteiger partial charge in [0.15, 0.2) is 0 Å². The maximum Gasteiger partial charge on any atom is 0.328 e. The SMILES string of the molecule is COC(=O)[C@@H]1CCCN1C(=O)CNC(=O)c1ccc2oc3c(C)cccc3c2c1. The van der Waals surface area contributed by atoms with Crippen molar-refractivity contribution in [1.29, 1.82) is 0 Å². The molecule has 29 heavy (non-hydrogen) atoms. The Morgan fingerprint density at radius 2 is 2.03 bits per heavy atom. The number of hydrogen-bond donors (Lipinski definition) is 1. The Balaban J connectivity index is 1.49. The Hall–Kier alpha value is -3.35. The number of furan rings is 1. The van der Waals surface area contributed by atoms with Crippen LogP contribution in [0.15, 0.2) is 40.8 Å². The Labute approximate surface area is 167 Å². The van der Waals surface area contributed by atoms with Gasteiger partial charge in [-0.1, -0.05) is 18.2 Å². The Kier molecular flexibility index (Phi) is 4.96. The zero-order valence-electron chi connectivity index (χ0n) is 16.4. The normalized spacial score (nSPS) is 16.3. The molecule has 2 aromatic carbocycles. The fraction of sp³-hybridized carbons (Fsp3) is 0.318. The number of carbonyl (C=O) groups is 3. The third-order valence-electron chi connectivity index (χ3n) is 5.40. The van der Waals surface area contributed by atoms with E-state index in [1.54, 1.807) is 18.2 Å². The van der Waals surface area contributed by atoms with Crippen LogP contribution in [0.2, 0.25) is 0 Å². The Morgan fingerprint density at radius 1 is 1.21 bits per heavy atom. The lowest BCUT2D eigenvalue weighted by Crippen LogP contribution is -2.45. The van der Waals surface area contributed by atoms with Crippen LogP contribution >= 0.6 is 0 Å². The van der Waals surface area contributed by atoms with Crippen LogP contribution in [-0.4, -0.2) is 48.9 Å². The number of aryl methyl sites for hydroxylation is 1. The average Bonchev–Trinajstić information content (AvgIpc) is 3.36. The van der Waals surface area contributed by atoms with Crippen LogP contribution in [0, 0.1) is 6.92 Å². The molecular weight excluding hydrogens is 372 g/mol. The third-order valence-corrected chi connectivity index (χ3v) is 5.40. The number of likely N-dealkylation sites (tertiary alicyclic amines) is 1. The second kappa shape index (κ2) is 7.58. The highest BCUT2D eigenvalue weighted by atomic mass is 16.5. The molecule has 7 nitrogen and oxygen atoms in total. The van der Waals surface area contributed by atoms with Gasteiger partial charge in [-0.3, -0.25) is 9.59 Å². The van der Waals surface area contributed by atoms with Crippen LogP contribution in [0.3, 0.4) is 0 Å². The number of nitrogens with one attached hydrogen (secondary N) is 1. The number of methoxy groups -OCH3 is 1. The molecule has 2 amide bonds. The summed E-state index contributed by atoms with van der Waals surface area (Å²) in [6, 6.07) is 10.5. The van der Waals surface area contributed by atoms with Crippen LogP contribution < -0.4 is 5.32 Å². The average molecular weight is 394 g/mol. The molecule has 150 valence electrons. The number of rotatable bonds is 4. The molecule has 0 unspecified atom stereocenters. The smallest absolute Gasteiger partial charge is 0.328 e. The molecule has 0 radical (unpaired) electrons. The van der Waals surface area contributed by atoms with Crippen LogP contribution in [0.1, 0.15) is 28.8 Å². The molecule has 1 aliphatic heterocycles. The maximum absolute atomic E-state index is 12.6. The lowest BCUT2D eigenvalue weighted by molar-refractivity contribution is -0.150. The van der Waals surface area contributed by atoms with Gasteiger partial charge in [0, 0.05) is 22.9 Å². The zero-order valence-corrected chi connectivity index (χ0v) is 16.4. The number of fused-ring (bicyclic) bond motifs is 3. The largest absolute Gasteiger partial charge is 0.467 e. The van der Waals surface area contributed by atoms with Gasteiger partial charge < -0.3 is 19.4 Å². The summed E-state index contributed by atoms with van der Waals surface area (Å²) in [5, 5.41) is 4.46. The number of benzene rings is 2.